The summed E-state index contributed by atoms with van der Waals surface area (Å²) in [4.78, 5) is 12.8. The van der Waals surface area contributed by atoms with Crippen molar-refractivity contribution in [2.75, 3.05) is 0 Å². The first-order valence-corrected chi connectivity index (χ1v) is 10.2. The van der Waals surface area contributed by atoms with Crippen LogP contribution in [0, 0.1) is 6.92 Å². The molecule has 2 heterocycles. The second-order valence-corrected chi connectivity index (χ2v) is 8.32. The van der Waals surface area contributed by atoms with Gasteiger partial charge in [0.25, 0.3) is 0 Å². The summed E-state index contributed by atoms with van der Waals surface area (Å²) in [5, 5.41) is 0. The Morgan fingerprint density at radius 3 is 2.61 bits per heavy atom. The van der Waals surface area contributed by atoms with E-state index in [0.29, 0.717) is 11.3 Å². The molecule has 148 valence electrons. The third-order valence-electron chi connectivity index (χ3n) is 5.60. The van der Waals surface area contributed by atoms with E-state index in [4.69, 9.17) is 14.2 Å². The molecule has 2 aliphatic heterocycles. The molecule has 0 aromatic heterocycles. The summed E-state index contributed by atoms with van der Waals surface area (Å²) >= 11 is 0. The van der Waals surface area contributed by atoms with Crippen LogP contribution in [0.1, 0.15) is 74.0 Å². The summed E-state index contributed by atoms with van der Waals surface area (Å²) < 4.78 is 17.9. The summed E-state index contributed by atoms with van der Waals surface area (Å²) in [6, 6.07) is 8.39. The molecule has 2 aromatic rings. The van der Waals surface area contributed by atoms with Crippen LogP contribution in [0.3, 0.4) is 0 Å². The average molecular weight is 380 g/mol. The van der Waals surface area contributed by atoms with E-state index in [1.54, 1.807) is 6.92 Å². The molecule has 0 saturated heterocycles. The van der Waals surface area contributed by atoms with Crippen LogP contribution in [-0.2, 0) is 16.8 Å². The molecular formula is C24H28O4. The van der Waals surface area contributed by atoms with Crippen molar-refractivity contribution < 1.29 is 19.0 Å². The van der Waals surface area contributed by atoms with Gasteiger partial charge in [-0.15, -0.1) is 0 Å². The number of hydrogen-bond donors (Lipinski definition) is 0. The second-order valence-electron chi connectivity index (χ2n) is 8.32. The number of unbranched alkanes of at least 4 members (excludes halogenated alkanes) is 2. The fourth-order valence-electron chi connectivity index (χ4n) is 4.24. The highest BCUT2D eigenvalue weighted by molar-refractivity contribution is 6.00. The van der Waals surface area contributed by atoms with Gasteiger partial charge in [0.1, 0.15) is 22.7 Å². The Morgan fingerprint density at radius 2 is 1.86 bits per heavy atom. The van der Waals surface area contributed by atoms with E-state index >= 15 is 0 Å². The third kappa shape index (κ3) is 3.05. The van der Waals surface area contributed by atoms with Gasteiger partial charge >= 0.3 is 5.97 Å². The van der Waals surface area contributed by atoms with Crippen LogP contribution in [0.25, 0.3) is 11.1 Å². The van der Waals surface area contributed by atoms with Crippen LogP contribution in [0.2, 0.25) is 0 Å². The van der Waals surface area contributed by atoms with Crippen molar-refractivity contribution in [1.29, 1.82) is 0 Å². The zero-order valence-electron chi connectivity index (χ0n) is 17.3. The van der Waals surface area contributed by atoms with Crippen molar-refractivity contribution in [3.8, 4) is 22.6 Å². The zero-order valence-corrected chi connectivity index (χ0v) is 17.3. The van der Waals surface area contributed by atoms with Gasteiger partial charge in [-0.3, -0.25) is 0 Å². The van der Waals surface area contributed by atoms with Crippen molar-refractivity contribution in [2.24, 2.45) is 0 Å². The monoisotopic (exact) mass is 380 g/mol. The lowest BCUT2D eigenvalue weighted by Crippen LogP contribution is -2.32. The van der Waals surface area contributed by atoms with Gasteiger partial charge in [0.15, 0.2) is 0 Å². The number of benzene rings is 2. The molecule has 4 heteroatoms. The molecule has 1 unspecified atom stereocenters. The van der Waals surface area contributed by atoms with Crippen molar-refractivity contribution in [3.63, 3.8) is 0 Å². The van der Waals surface area contributed by atoms with Crippen LogP contribution >= 0.6 is 0 Å². The Morgan fingerprint density at radius 1 is 1.07 bits per heavy atom. The quantitative estimate of drug-likeness (QED) is 0.488. The summed E-state index contributed by atoms with van der Waals surface area (Å²) in [6.07, 6.45) is 3.45. The Kier molecular flexibility index (Phi) is 4.60. The largest absolute Gasteiger partial charge is 0.482 e. The standard InChI is InChI=1S/C24H28O4/c1-6-7-8-9-16-13-19-21(22-20(16)23(25)27-15(3)26-22)17-12-14(2)10-11-18(17)24(4,5)28-19/h10-13,15H,6-9H2,1-5H3. The molecule has 0 radical (unpaired) electrons. The predicted molar refractivity (Wildman–Crippen MR) is 109 cm³/mol. The first-order valence-electron chi connectivity index (χ1n) is 10.2. The highest BCUT2D eigenvalue weighted by Crippen LogP contribution is 2.52. The average Bonchev–Trinajstić information content (AvgIpc) is 2.60. The molecule has 4 nitrogen and oxygen atoms in total. The van der Waals surface area contributed by atoms with Crippen LogP contribution in [0.15, 0.2) is 24.3 Å². The molecule has 0 bridgehead atoms. The van der Waals surface area contributed by atoms with Gasteiger partial charge in [-0.25, -0.2) is 4.79 Å². The molecule has 0 fully saturated rings. The molecular weight excluding hydrogens is 352 g/mol. The summed E-state index contributed by atoms with van der Waals surface area (Å²) in [5.74, 6) is 1.09. The predicted octanol–water partition coefficient (Wildman–Crippen LogP) is 5.92. The molecule has 2 aliphatic rings. The molecule has 0 spiro atoms. The lowest BCUT2D eigenvalue weighted by molar-refractivity contribution is -0.0490. The Balaban J connectivity index is 1.97. The Labute approximate surface area is 166 Å². The van der Waals surface area contributed by atoms with Gasteiger partial charge in [-0.05, 0) is 50.8 Å². The van der Waals surface area contributed by atoms with Gasteiger partial charge in [0, 0.05) is 12.5 Å². The van der Waals surface area contributed by atoms with Crippen LogP contribution in [0.5, 0.6) is 11.5 Å². The van der Waals surface area contributed by atoms with Crippen LogP contribution < -0.4 is 9.47 Å². The maximum atomic E-state index is 12.8. The molecule has 4 rings (SSSR count). The SMILES string of the molecule is CCCCCc1cc2c(c3c1C(=O)OC(C)O3)-c1cc(C)ccc1C(C)(C)O2. The van der Waals surface area contributed by atoms with Crippen molar-refractivity contribution >= 4 is 5.97 Å². The Bertz CT molecular complexity index is 942. The molecule has 0 amide bonds. The van der Waals surface area contributed by atoms with Crippen molar-refractivity contribution in [3.05, 3.63) is 46.5 Å². The van der Waals surface area contributed by atoms with Crippen LogP contribution in [-0.4, -0.2) is 12.3 Å². The molecule has 0 saturated carbocycles. The number of carbonyl (C=O) groups excluding carboxylic acids is 1. The fourth-order valence-corrected chi connectivity index (χ4v) is 4.24. The molecule has 0 N–H and O–H groups in total. The highest BCUT2D eigenvalue weighted by atomic mass is 16.7. The van der Waals surface area contributed by atoms with E-state index < -0.39 is 11.9 Å². The van der Waals surface area contributed by atoms with Gasteiger partial charge in [0.05, 0.1) is 5.56 Å². The minimum Gasteiger partial charge on any atom is -0.482 e. The third-order valence-corrected chi connectivity index (χ3v) is 5.60. The van der Waals surface area contributed by atoms with Crippen molar-refractivity contribution in [1.82, 2.24) is 0 Å². The highest BCUT2D eigenvalue weighted by Gasteiger charge is 2.39. The van der Waals surface area contributed by atoms with E-state index in [1.807, 2.05) is 6.07 Å². The van der Waals surface area contributed by atoms with E-state index in [9.17, 15) is 4.79 Å². The van der Waals surface area contributed by atoms with Crippen molar-refractivity contribution in [2.45, 2.75) is 72.2 Å². The molecule has 1 atom stereocenters. The van der Waals surface area contributed by atoms with E-state index in [2.05, 4.69) is 45.9 Å². The number of cyclic esters (lactones) is 1. The first kappa shape index (κ1) is 18.9. The Hall–Kier alpha value is -2.49. The van der Waals surface area contributed by atoms with Crippen LogP contribution in [0.4, 0.5) is 0 Å². The number of hydrogen-bond acceptors (Lipinski definition) is 4. The topological polar surface area (TPSA) is 44.8 Å². The molecule has 28 heavy (non-hydrogen) atoms. The smallest absolute Gasteiger partial charge is 0.345 e. The minimum absolute atomic E-state index is 0.304. The fraction of sp³-hybridized carbons (Fsp3) is 0.458. The second kappa shape index (κ2) is 6.84. The number of fused-ring (bicyclic) bond motifs is 5. The van der Waals surface area contributed by atoms with E-state index in [1.165, 1.54) is 0 Å². The van der Waals surface area contributed by atoms with Gasteiger partial charge < -0.3 is 14.2 Å². The summed E-state index contributed by atoms with van der Waals surface area (Å²) in [6.45, 7) is 10.2. The van der Waals surface area contributed by atoms with Gasteiger partial charge in [0.2, 0.25) is 6.29 Å². The number of esters is 1. The van der Waals surface area contributed by atoms with Gasteiger partial charge in [-0.1, -0.05) is 43.5 Å². The normalized spacial score (nSPS) is 18.9. The summed E-state index contributed by atoms with van der Waals surface area (Å²) in [5.41, 5.74) is 5.26. The number of carbonyl (C=O) groups is 1. The number of aryl methyl sites for hydroxylation is 2. The lowest BCUT2D eigenvalue weighted by Gasteiger charge is -2.38. The van der Waals surface area contributed by atoms with E-state index in [-0.39, 0.29) is 5.97 Å². The number of ether oxygens (including phenoxy) is 3. The maximum absolute atomic E-state index is 12.8. The minimum atomic E-state index is -0.613. The maximum Gasteiger partial charge on any atom is 0.345 e. The molecule has 0 aliphatic carbocycles. The van der Waals surface area contributed by atoms with E-state index in [0.717, 1.165) is 59.3 Å². The summed E-state index contributed by atoms with van der Waals surface area (Å²) in [7, 11) is 0. The first-order chi connectivity index (χ1) is 13.3. The van der Waals surface area contributed by atoms with Gasteiger partial charge in [-0.2, -0.15) is 0 Å². The lowest BCUT2D eigenvalue weighted by atomic mass is 9.83. The zero-order chi connectivity index (χ0) is 20.1. The number of rotatable bonds is 4. The molecule has 2 aromatic carbocycles.